The summed E-state index contributed by atoms with van der Waals surface area (Å²) in [6, 6.07) is 8.52. The lowest BCUT2D eigenvalue weighted by Gasteiger charge is -2.16. The highest BCUT2D eigenvalue weighted by Crippen LogP contribution is 2.36. The van der Waals surface area contributed by atoms with E-state index in [0.717, 1.165) is 6.04 Å². The lowest BCUT2D eigenvalue weighted by molar-refractivity contribution is 0.0697. The van der Waals surface area contributed by atoms with Gasteiger partial charge in [0.2, 0.25) is 0 Å². The topological polar surface area (TPSA) is 73.6 Å². The van der Waals surface area contributed by atoms with Crippen LogP contribution in [-0.2, 0) is 11.5 Å². The van der Waals surface area contributed by atoms with E-state index < -0.39 is 19.9 Å². The van der Waals surface area contributed by atoms with Gasteiger partial charge in [-0.25, -0.2) is 14.2 Å². The number of aromatic nitrogens is 2. The molecule has 0 saturated heterocycles. The molecule has 6 nitrogen and oxygen atoms in total. The summed E-state index contributed by atoms with van der Waals surface area (Å²) in [6.45, 7) is 7.76. The molecule has 0 radical (unpaired) electrons. The highest BCUT2D eigenvalue weighted by Gasteiger charge is 2.21. The number of benzene rings is 2. The van der Waals surface area contributed by atoms with Gasteiger partial charge in [0, 0.05) is 20.2 Å². The van der Waals surface area contributed by atoms with Crippen molar-refractivity contribution in [1.82, 2.24) is 9.55 Å². The van der Waals surface area contributed by atoms with Gasteiger partial charge in [-0.15, -0.1) is 0 Å². The zero-order valence-electron chi connectivity index (χ0n) is 17.0. The van der Waals surface area contributed by atoms with Gasteiger partial charge in [-0.1, -0.05) is 25.7 Å². The normalized spacial score (nSPS) is 11.8. The van der Waals surface area contributed by atoms with Crippen molar-refractivity contribution in [3.8, 4) is 16.9 Å². The van der Waals surface area contributed by atoms with Crippen LogP contribution in [0.1, 0.15) is 10.4 Å². The van der Waals surface area contributed by atoms with E-state index in [9.17, 15) is 14.3 Å². The van der Waals surface area contributed by atoms with Gasteiger partial charge in [-0.2, -0.15) is 0 Å². The van der Waals surface area contributed by atoms with Gasteiger partial charge in [0.05, 0.1) is 35.6 Å². The average Bonchev–Trinajstić information content (AvgIpc) is 3.05. The minimum Gasteiger partial charge on any atom is -0.496 e. The van der Waals surface area contributed by atoms with Gasteiger partial charge in [0.1, 0.15) is 18.3 Å². The maximum absolute atomic E-state index is 14.6. The van der Waals surface area contributed by atoms with Crippen LogP contribution in [0.4, 0.5) is 4.39 Å². The molecule has 2 aromatic carbocycles. The molecule has 8 heteroatoms. The molecule has 0 amide bonds. The largest absolute Gasteiger partial charge is 0.496 e. The van der Waals surface area contributed by atoms with Crippen molar-refractivity contribution in [1.29, 1.82) is 0 Å². The molecule has 0 unspecified atom stereocenters. The Labute approximate surface area is 169 Å². The smallest absolute Gasteiger partial charge is 0.336 e. The molecular weight excluding hydrogens is 391 g/mol. The van der Waals surface area contributed by atoms with Gasteiger partial charge < -0.3 is 19.1 Å². The van der Waals surface area contributed by atoms with Crippen molar-refractivity contribution in [3.05, 3.63) is 48.0 Å². The number of carboxylic acid groups (broad SMARTS) is 1. The van der Waals surface area contributed by atoms with E-state index in [4.69, 9.17) is 9.47 Å². The Bertz CT molecular complexity index is 1040. The van der Waals surface area contributed by atoms with E-state index in [0.29, 0.717) is 17.6 Å². The number of imidazole rings is 1. The quantitative estimate of drug-likeness (QED) is 0.419. The Hall–Kier alpha value is -2.71. The molecular formula is C21H25FN2O4Si. The maximum Gasteiger partial charge on any atom is 0.336 e. The molecule has 0 aliphatic rings. The molecule has 0 spiro atoms. The molecule has 0 fully saturated rings. The lowest BCUT2D eigenvalue weighted by Crippen LogP contribution is -2.22. The zero-order valence-corrected chi connectivity index (χ0v) is 18.0. The van der Waals surface area contributed by atoms with Crippen molar-refractivity contribution in [3.63, 3.8) is 0 Å². The number of halogens is 1. The van der Waals surface area contributed by atoms with Crippen LogP contribution in [-0.4, -0.2) is 42.4 Å². The van der Waals surface area contributed by atoms with E-state index in [1.807, 2.05) is 0 Å². The first-order valence-electron chi connectivity index (χ1n) is 9.34. The third-order valence-corrected chi connectivity index (χ3v) is 6.39. The van der Waals surface area contributed by atoms with Crippen molar-refractivity contribution in [2.45, 2.75) is 32.4 Å². The van der Waals surface area contributed by atoms with Crippen molar-refractivity contribution < 1.29 is 23.8 Å². The van der Waals surface area contributed by atoms with Crippen molar-refractivity contribution >= 4 is 25.1 Å². The van der Waals surface area contributed by atoms with E-state index in [-0.39, 0.29) is 29.2 Å². The fourth-order valence-corrected chi connectivity index (χ4v) is 3.82. The fraction of sp³-hybridized carbons (Fsp3) is 0.333. The minimum absolute atomic E-state index is 0.0234. The van der Waals surface area contributed by atoms with Crippen LogP contribution in [0.5, 0.6) is 5.75 Å². The number of fused-ring (bicyclic) bond motifs is 1. The summed E-state index contributed by atoms with van der Waals surface area (Å²) < 4.78 is 27.3. The van der Waals surface area contributed by atoms with Crippen LogP contribution >= 0.6 is 0 Å². The van der Waals surface area contributed by atoms with E-state index in [1.54, 1.807) is 23.0 Å². The molecule has 1 N–H and O–H groups in total. The van der Waals surface area contributed by atoms with Gasteiger partial charge in [-0.3, -0.25) is 0 Å². The number of hydrogen-bond acceptors (Lipinski definition) is 4. The van der Waals surface area contributed by atoms with E-state index >= 15 is 0 Å². The predicted molar refractivity (Wildman–Crippen MR) is 113 cm³/mol. The number of ether oxygens (including phenoxy) is 2. The van der Waals surface area contributed by atoms with E-state index in [1.165, 1.54) is 25.3 Å². The third-order valence-electron chi connectivity index (χ3n) is 4.68. The van der Waals surface area contributed by atoms with Gasteiger partial charge >= 0.3 is 5.97 Å². The first kappa shape index (κ1) is 21.0. The van der Waals surface area contributed by atoms with Crippen LogP contribution in [0.2, 0.25) is 25.7 Å². The highest BCUT2D eigenvalue weighted by molar-refractivity contribution is 6.76. The first-order valence-corrected chi connectivity index (χ1v) is 13.0. The molecule has 154 valence electrons. The van der Waals surface area contributed by atoms with Crippen LogP contribution in [0, 0.1) is 5.82 Å². The second-order valence-corrected chi connectivity index (χ2v) is 13.7. The molecule has 0 atom stereocenters. The van der Waals surface area contributed by atoms with Crippen molar-refractivity contribution in [2.24, 2.45) is 0 Å². The Morgan fingerprint density at radius 3 is 2.69 bits per heavy atom. The molecule has 1 heterocycles. The van der Waals surface area contributed by atoms with Crippen LogP contribution in [0.25, 0.3) is 22.2 Å². The summed E-state index contributed by atoms with van der Waals surface area (Å²) in [5.74, 6) is -1.44. The Morgan fingerprint density at radius 1 is 1.28 bits per heavy atom. The minimum atomic E-state index is -1.19. The van der Waals surface area contributed by atoms with Crippen molar-refractivity contribution in [2.75, 3.05) is 13.7 Å². The predicted octanol–water partition coefficient (Wildman–Crippen LogP) is 4.86. The number of aromatic carboxylic acids is 1. The highest BCUT2D eigenvalue weighted by atomic mass is 28.3. The summed E-state index contributed by atoms with van der Waals surface area (Å²) in [5, 5.41) is 9.75. The Kier molecular flexibility index (Phi) is 6.04. The standard InChI is InChI=1S/C21H25FN2O4Si/c1-27-19-7-5-6-16(22)20(19)14-10-17-18(11-15(14)21(25)26)24(12-23-17)13-28-8-9-29(2,3)4/h5-7,10-12H,8-9,13H2,1-4H3,(H,25,26). The molecule has 0 aliphatic heterocycles. The summed E-state index contributed by atoms with van der Waals surface area (Å²) >= 11 is 0. The second-order valence-electron chi connectivity index (χ2n) is 8.07. The lowest BCUT2D eigenvalue weighted by atomic mass is 9.97. The maximum atomic E-state index is 14.6. The molecule has 3 aromatic rings. The summed E-state index contributed by atoms with van der Waals surface area (Å²) in [4.78, 5) is 16.3. The fourth-order valence-electron chi connectivity index (χ4n) is 3.07. The molecule has 29 heavy (non-hydrogen) atoms. The molecule has 0 aliphatic carbocycles. The van der Waals surface area contributed by atoms with E-state index in [2.05, 4.69) is 24.6 Å². The number of nitrogens with zero attached hydrogens (tertiary/aromatic N) is 2. The Morgan fingerprint density at radius 2 is 2.03 bits per heavy atom. The van der Waals surface area contributed by atoms with Gasteiger partial charge in [-0.05, 0) is 30.3 Å². The molecule has 0 saturated carbocycles. The summed E-state index contributed by atoms with van der Waals surface area (Å²) in [7, 11) is 0.229. The van der Waals surface area contributed by atoms with Crippen LogP contribution in [0.15, 0.2) is 36.7 Å². The second kappa shape index (κ2) is 8.34. The number of carbonyl (C=O) groups is 1. The number of hydrogen-bond donors (Lipinski definition) is 1. The molecule has 3 rings (SSSR count). The number of methoxy groups -OCH3 is 1. The Balaban J connectivity index is 2.00. The van der Waals surface area contributed by atoms with Gasteiger partial charge in [0.15, 0.2) is 0 Å². The summed E-state index contributed by atoms with van der Waals surface area (Å²) in [5.41, 5.74) is 1.49. The first-order chi connectivity index (χ1) is 13.7. The zero-order chi connectivity index (χ0) is 21.2. The molecule has 1 aromatic heterocycles. The van der Waals surface area contributed by atoms with Crippen LogP contribution in [0.3, 0.4) is 0 Å². The van der Waals surface area contributed by atoms with Crippen LogP contribution < -0.4 is 4.74 Å². The number of carboxylic acids is 1. The van der Waals surface area contributed by atoms with Gasteiger partial charge in [0.25, 0.3) is 0 Å². The average molecular weight is 417 g/mol. The number of rotatable bonds is 8. The SMILES string of the molecule is COc1cccc(F)c1-c1cc2ncn(COCC[Si](C)(C)C)c2cc1C(=O)O. The molecule has 0 bridgehead atoms. The third kappa shape index (κ3) is 4.65. The monoisotopic (exact) mass is 416 g/mol. The summed E-state index contributed by atoms with van der Waals surface area (Å²) in [6.07, 6.45) is 1.60.